The number of hydrogen-bond donors (Lipinski definition) is 5. The van der Waals surface area contributed by atoms with Crippen molar-refractivity contribution < 1.29 is 20.2 Å². The first-order valence-corrected chi connectivity index (χ1v) is 10.7. The third kappa shape index (κ3) is 13.4. The molecule has 0 spiro atoms. The number of carbonyl (C=O) groups excluding carboxylic acids is 2. The van der Waals surface area contributed by atoms with Crippen molar-refractivity contribution in [3.05, 3.63) is 60.6 Å². The molecule has 0 aliphatic heterocycles. The third-order valence-corrected chi connectivity index (χ3v) is 4.13. The van der Waals surface area contributed by atoms with Gasteiger partial charge in [0.15, 0.2) is 0 Å². The Bertz CT molecular complexity index is 1100. The van der Waals surface area contributed by atoms with Crippen LogP contribution in [0.2, 0.25) is 0 Å². The number of anilines is 1. The number of pyridine rings is 2. The highest BCUT2D eigenvalue weighted by Gasteiger charge is 2.00. The summed E-state index contributed by atoms with van der Waals surface area (Å²) in [4.78, 5) is 43.6. The SMILES string of the molecule is CC(=O)ON=CN.NNC(=O)Nc1ccc(I)cn1.O=c1[nH]ncn1-c1ccc(I)cn1.[2H]CF. The number of H-pyrrole nitrogens is 1. The van der Waals surface area contributed by atoms with Crippen molar-refractivity contribution in [2.75, 3.05) is 12.5 Å². The van der Waals surface area contributed by atoms with Crippen molar-refractivity contribution in [2.45, 2.75) is 6.92 Å². The van der Waals surface area contributed by atoms with Gasteiger partial charge < -0.3 is 10.6 Å². The average Bonchev–Trinajstić information content (AvgIpc) is 3.27. The monoisotopic (exact) mass is 703 g/mol. The van der Waals surface area contributed by atoms with Crippen molar-refractivity contribution in [3.8, 4) is 5.82 Å². The zero-order valence-electron chi connectivity index (χ0n) is 18.5. The lowest BCUT2D eigenvalue weighted by atomic mass is 10.5. The van der Waals surface area contributed by atoms with Gasteiger partial charge in [0.1, 0.15) is 24.3 Å². The minimum Gasteiger partial charge on any atom is -0.387 e. The molecule has 14 nitrogen and oxygen atoms in total. The summed E-state index contributed by atoms with van der Waals surface area (Å²) in [5.74, 6) is 5.43. The van der Waals surface area contributed by atoms with Crippen LogP contribution in [0, 0.1) is 7.14 Å². The Morgan fingerprint density at radius 1 is 1.26 bits per heavy atom. The second-order valence-corrected chi connectivity index (χ2v) is 7.65. The number of halogens is 3. The molecule has 0 unspecified atom stereocenters. The Balaban J connectivity index is 0.000000488. The minimum atomic E-state index is -1.00. The van der Waals surface area contributed by atoms with Crippen molar-refractivity contribution >= 4 is 69.3 Å². The van der Waals surface area contributed by atoms with Crippen LogP contribution in [0.4, 0.5) is 15.0 Å². The van der Waals surface area contributed by atoms with Gasteiger partial charge in [-0.3, -0.25) is 15.1 Å². The second-order valence-electron chi connectivity index (χ2n) is 5.16. The Morgan fingerprint density at radius 2 is 1.88 bits per heavy atom. The maximum Gasteiger partial charge on any atom is 0.348 e. The normalized spacial score (nSPS) is 9.62. The van der Waals surface area contributed by atoms with Crippen LogP contribution in [-0.4, -0.2) is 50.2 Å². The van der Waals surface area contributed by atoms with E-state index < -0.39 is 19.2 Å². The molecule has 0 aliphatic carbocycles. The number of hydrogen-bond acceptors (Lipinski definition) is 9. The van der Waals surface area contributed by atoms with Gasteiger partial charge in [-0.1, -0.05) is 5.16 Å². The zero-order valence-corrected chi connectivity index (χ0v) is 21.8. The summed E-state index contributed by atoms with van der Waals surface area (Å²) in [6.07, 6.45) is 5.64. The number of aromatic nitrogens is 5. The number of oxime groups is 1. The van der Waals surface area contributed by atoms with E-state index >= 15 is 0 Å². The van der Waals surface area contributed by atoms with Crippen molar-refractivity contribution in [1.82, 2.24) is 30.2 Å². The molecule has 3 rings (SSSR count). The summed E-state index contributed by atoms with van der Waals surface area (Å²) >= 11 is 4.27. The van der Waals surface area contributed by atoms with Gasteiger partial charge in [-0.15, -0.1) is 0 Å². The number of nitrogens with two attached hydrogens (primary N) is 2. The van der Waals surface area contributed by atoms with E-state index in [4.69, 9.17) is 12.9 Å². The first-order chi connectivity index (χ1) is 16.7. The van der Waals surface area contributed by atoms with Crippen LogP contribution in [0.3, 0.4) is 0 Å². The molecule has 0 aromatic carbocycles. The fraction of sp³-hybridized carbons (Fsp3) is 0.118. The second kappa shape index (κ2) is 18.3. The largest absolute Gasteiger partial charge is 0.387 e. The summed E-state index contributed by atoms with van der Waals surface area (Å²) in [6, 6.07) is 6.68. The average molecular weight is 703 g/mol. The molecular formula is C17H21FI2N10O4. The molecular weight excluding hydrogens is 681 g/mol. The number of nitrogens with zero attached hydrogens (tertiary/aromatic N) is 5. The van der Waals surface area contributed by atoms with Gasteiger partial charge in [-0.25, -0.2) is 39.9 Å². The first kappa shape index (κ1) is 28.8. The van der Waals surface area contributed by atoms with E-state index in [9.17, 15) is 18.8 Å². The molecule has 0 saturated heterocycles. The topological polar surface area (TPSA) is 208 Å². The van der Waals surface area contributed by atoms with Gasteiger partial charge in [-0.05, 0) is 69.4 Å². The molecule has 184 valence electrons. The lowest BCUT2D eigenvalue weighted by Crippen LogP contribution is -2.34. The lowest BCUT2D eigenvalue weighted by molar-refractivity contribution is -0.140. The number of rotatable bonds is 3. The van der Waals surface area contributed by atoms with E-state index in [2.05, 4.69) is 80.7 Å². The van der Waals surface area contributed by atoms with Crippen molar-refractivity contribution in [1.29, 1.82) is 0 Å². The molecule has 0 bridgehead atoms. The summed E-state index contributed by atoms with van der Waals surface area (Å²) in [6.45, 7) is 1.24. The van der Waals surface area contributed by atoms with Gasteiger partial charge in [-0.2, -0.15) is 5.10 Å². The highest BCUT2D eigenvalue weighted by molar-refractivity contribution is 14.1. The molecule has 0 radical (unpaired) electrons. The Kier molecular flexibility index (Phi) is 15.5. The van der Waals surface area contributed by atoms with E-state index in [1.165, 1.54) is 17.8 Å². The number of urea groups is 1. The quantitative estimate of drug-likeness (QED) is 0.0506. The Morgan fingerprint density at radius 3 is 2.26 bits per heavy atom. The van der Waals surface area contributed by atoms with Gasteiger partial charge in [0.25, 0.3) is 0 Å². The van der Waals surface area contributed by atoms with Crippen LogP contribution in [0.15, 0.2) is 52.9 Å². The maximum absolute atomic E-state index is 11.1. The summed E-state index contributed by atoms with van der Waals surface area (Å²) in [7, 11) is -1.00. The van der Waals surface area contributed by atoms with E-state index in [1.54, 1.807) is 24.5 Å². The molecule has 3 aromatic rings. The number of aromatic amines is 1. The Hall–Kier alpha value is -3.20. The van der Waals surface area contributed by atoms with Crippen molar-refractivity contribution in [3.63, 3.8) is 0 Å². The van der Waals surface area contributed by atoms with Crippen LogP contribution >= 0.6 is 45.2 Å². The minimum absolute atomic E-state index is 0.284. The van der Waals surface area contributed by atoms with Crippen LogP contribution in [0.25, 0.3) is 5.82 Å². The van der Waals surface area contributed by atoms with Gasteiger partial charge in [0.05, 0.1) is 8.52 Å². The number of amides is 2. The predicted octanol–water partition coefficient (Wildman–Crippen LogP) is 1.28. The van der Waals surface area contributed by atoms with Gasteiger partial charge >= 0.3 is 17.7 Å². The van der Waals surface area contributed by atoms with Gasteiger partial charge in [0.2, 0.25) is 0 Å². The molecule has 3 aromatic heterocycles. The molecule has 0 saturated carbocycles. The Labute approximate surface area is 221 Å². The summed E-state index contributed by atoms with van der Waals surface area (Å²) in [5.41, 5.74) is 6.36. The summed E-state index contributed by atoms with van der Waals surface area (Å²) in [5, 5.41) is 11.3. The number of nitrogens with one attached hydrogen (secondary N) is 3. The zero-order chi connectivity index (χ0) is 26.6. The highest BCUT2D eigenvalue weighted by atomic mass is 127. The summed E-state index contributed by atoms with van der Waals surface area (Å²) < 4.78 is 18.9. The third-order valence-electron chi connectivity index (χ3n) is 2.85. The van der Waals surface area contributed by atoms with E-state index in [0.717, 1.165) is 13.5 Å². The van der Waals surface area contributed by atoms with E-state index in [-0.39, 0.29) is 5.69 Å². The first-order valence-electron chi connectivity index (χ1n) is 9.28. The maximum atomic E-state index is 11.1. The molecule has 34 heavy (non-hydrogen) atoms. The molecule has 0 atom stereocenters. The smallest absolute Gasteiger partial charge is 0.348 e. The molecule has 17 heteroatoms. The van der Waals surface area contributed by atoms with Crippen LogP contribution in [-0.2, 0) is 9.63 Å². The lowest BCUT2D eigenvalue weighted by Gasteiger charge is -2.01. The van der Waals surface area contributed by atoms with Crippen molar-refractivity contribution in [2.24, 2.45) is 16.7 Å². The molecule has 3 heterocycles. The van der Waals surface area contributed by atoms with Crippen LogP contribution in [0.1, 0.15) is 8.29 Å². The number of hydrazine groups is 1. The van der Waals surface area contributed by atoms with Crippen LogP contribution in [0.5, 0.6) is 0 Å². The highest BCUT2D eigenvalue weighted by Crippen LogP contribution is 2.06. The standard InChI is InChI=1S/C7H5IN4O.C6H7IN4O.C3H6N2O2.CH3F/c8-5-1-2-6(9-3-5)12-4-10-11-7(12)13;7-4-1-2-5(9-3-4)10-6(12)11-8;1-3(6)7-5-2-4;1-2/h1-4H,(H,11,13);1-3H,8H2,(H2,9,10,11,12);2H,1H3,(H2,4,5);1H3/i;;;1D. The van der Waals surface area contributed by atoms with E-state index in [1.807, 2.05) is 17.6 Å². The van der Waals surface area contributed by atoms with E-state index in [0.29, 0.717) is 11.6 Å². The molecule has 0 aliphatic rings. The molecule has 0 fully saturated rings. The predicted molar refractivity (Wildman–Crippen MR) is 139 cm³/mol. The number of carbonyl (C=O) groups is 2. The molecule has 7 N–H and O–H groups in total. The molecule has 2 amide bonds. The number of alkyl halides is 1. The van der Waals surface area contributed by atoms with Gasteiger partial charge in [0, 0.05) is 26.5 Å². The fourth-order valence-electron chi connectivity index (χ4n) is 1.63. The van der Waals surface area contributed by atoms with Crippen LogP contribution < -0.4 is 28.0 Å². The fourth-order valence-corrected chi connectivity index (χ4v) is 2.27.